The Morgan fingerprint density at radius 2 is 0.906 bits per heavy atom. The third kappa shape index (κ3) is 8.02. The predicted molar refractivity (Wildman–Crippen MR) is 209 cm³/mol. The van der Waals surface area contributed by atoms with Gasteiger partial charge in [0.2, 0.25) is 17.2 Å². The number of benzene rings is 6. The van der Waals surface area contributed by atoms with Crippen LogP contribution < -0.4 is 20.4 Å². The Kier molecular flexibility index (Phi) is 9.86. The number of aromatic nitrogens is 3. The van der Waals surface area contributed by atoms with Crippen molar-refractivity contribution in [1.82, 2.24) is 15.0 Å². The summed E-state index contributed by atoms with van der Waals surface area (Å²) in [4.78, 5) is 15.2. The maximum absolute atomic E-state index is 10.6. The molecule has 7 aromatic rings. The fourth-order valence-corrected chi connectivity index (χ4v) is 5.74. The molecule has 0 saturated carbocycles. The van der Waals surface area contributed by atoms with Gasteiger partial charge in [-0.1, -0.05) is 12.1 Å². The quantitative estimate of drug-likeness (QED) is 0.0777. The third-order valence-corrected chi connectivity index (χ3v) is 8.65. The van der Waals surface area contributed by atoms with E-state index >= 15 is 0 Å². The Bertz CT molecular complexity index is 2330. The number of nitrogens with one attached hydrogen (secondary N) is 4. The molecule has 0 spiro atoms. The Labute approximate surface area is 310 Å². The molecule has 0 amide bonds. The first kappa shape index (κ1) is 34.9. The van der Waals surface area contributed by atoms with E-state index in [4.69, 9.17) is 11.6 Å². The van der Waals surface area contributed by atoms with Crippen molar-refractivity contribution in [3.63, 3.8) is 0 Å². The monoisotopic (exact) mass is 725 g/mol. The molecule has 0 fully saturated rings. The number of azo groups is 2. The lowest BCUT2D eigenvalue weighted by molar-refractivity contribution is -0.786. The molecule has 7 rings (SSSR count). The van der Waals surface area contributed by atoms with Gasteiger partial charge in [0.15, 0.2) is 0 Å². The second-order valence-electron chi connectivity index (χ2n) is 12.7. The number of quaternary nitrogens is 2. The summed E-state index contributed by atoms with van der Waals surface area (Å²) in [5, 5.41) is 48.5. The van der Waals surface area contributed by atoms with Crippen LogP contribution in [-0.4, -0.2) is 53.4 Å². The summed E-state index contributed by atoms with van der Waals surface area (Å²) in [6.45, 7) is 0. The average molecular weight is 726 g/mol. The number of nitrogens with zero attached hydrogens (tertiary/aromatic N) is 7. The topological polar surface area (TPSA) is 162 Å². The van der Waals surface area contributed by atoms with Crippen molar-refractivity contribution < 1.29 is 20.0 Å². The number of halogens is 1. The Morgan fingerprint density at radius 3 is 1.30 bits per heavy atom. The number of fused-ring (bicyclic) bond motifs is 2. The molecule has 6 aromatic carbocycles. The molecular weight excluding hydrogens is 690 g/mol. The molecule has 0 saturated heterocycles. The molecule has 13 nitrogen and oxygen atoms in total. The van der Waals surface area contributed by atoms with Crippen LogP contribution in [0.25, 0.3) is 21.5 Å². The van der Waals surface area contributed by atoms with E-state index in [1.165, 1.54) is 0 Å². The van der Waals surface area contributed by atoms with Crippen molar-refractivity contribution in [3.8, 4) is 11.5 Å². The summed E-state index contributed by atoms with van der Waals surface area (Å²) in [5.41, 5.74) is 5.53. The first-order valence-corrected chi connectivity index (χ1v) is 17.1. The highest BCUT2D eigenvalue weighted by Crippen LogP contribution is 2.38. The van der Waals surface area contributed by atoms with Crippen molar-refractivity contribution in [2.24, 2.45) is 20.5 Å². The van der Waals surface area contributed by atoms with Crippen molar-refractivity contribution in [2.75, 3.05) is 38.8 Å². The summed E-state index contributed by atoms with van der Waals surface area (Å²) >= 11 is 6.25. The SMILES string of the molecule is C[NH+](C)c1ccc2ccc(O)c(N=Nc3ccc(Nc4nc(Cl)nc(Nc5ccc(N=Nc6c(O)ccc7ccc([NH+](C)C)cc67)cc5)n4)cc3)c2c1. The van der Waals surface area contributed by atoms with E-state index in [0.29, 0.717) is 34.1 Å². The van der Waals surface area contributed by atoms with E-state index in [1.807, 2.05) is 88.9 Å². The van der Waals surface area contributed by atoms with Crippen LogP contribution in [0.1, 0.15) is 0 Å². The molecular formula is C39H36ClN11O2+2. The first-order chi connectivity index (χ1) is 25.6. The maximum Gasteiger partial charge on any atom is 0.233 e. The summed E-state index contributed by atoms with van der Waals surface area (Å²) in [6, 6.07) is 33.5. The van der Waals surface area contributed by atoms with Crippen molar-refractivity contribution in [3.05, 3.63) is 114 Å². The fraction of sp³-hybridized carbons (Fsp3) is 0.103. The van der Waals surface area contributed by atoms with Crippen LogP contribution in [0, 0.1) is 0 Å². The van der Waals surface area contributed by atoms with Crippen molar-refractivity contribution in [2.45, 2.75) is 0 Å². The second-order valence-corrected chi connectivity index (χ2v) is 13.1. The van der Waals surface area contributed by atoms with Crippen LogP contribution in [0.15, 0.2) is 130 Å². The lowest BCUT2D eigenvalue weighted by atomic mass is 10.1. The van der Waals surface area contributed by atoms with Gasteiger partial charge in [-0.15, -0.1) is 10.2 Å². The maximum atomic E-state index is 10.6. The van der Waals surface area contributed by atoms with E-state index in [9.17, 15) is 10.2 Å². The summed E-state index contributed by atoms with van der Waals surface area (Å²) in [6.07, 6.45) is 0. The minimum atomic E-state index is 0.00341. The molecule has 1 heterocycles. The van der Waals surface area contributed by atoms with Crippen LogP contribution in [0.2, 0.25) is 5.28 Å². The zero-order valence-electron chi connectivity index (χ0n) is 29.3. The van der Waals surface area contributed by atoms with Gasteiger partial charge in [0.25, 0.3) is 0 Å². The summed E-state index contributed by atoms with van der Waals surface area (Å²) in [7, 11) is 8.17. The smallest absolute Gasteiger partial charge is 0.233 e. The van der Waals surface area contributed by atoms with Crippen molar-refractivity contribution >= 4 is 90.5 Å². The van der Waals surface area contributed by atoms with Crippen molar-refractivity contribution in [1.29, 1.82) is 0 Å². The minimum Gasteiger partial charge on any atom is -0.506 e. The molecule has 0 bridgehead atoms. The highest BCUT2D eigenvalue weighted by atomic mass is 35.5. The highest BCUT2D eigenvalue weighted by Gasteiger charge is 2.12. The van der Waals surface area contributed by atoms with E-state index in [0.717, 1.165) is 42.7 Å². The predicted octanol–water partition coefficient (Wildman–Crippen LogP) is 8.11. The number of anilines is 4. The lowest BCUT2D eigenvalue weighted by Gasteiger charge is -2.10. The first-order valence-electron chi connectivity index (χ1n) is 16.7. The minimum absolute atomic E-state index is 0.00341. The van der Waals surface area contributed by atoms with Gasteiger partial charge in [0.05, 0.1) is 39.6 Å². The summed E-state index contributed by atoms with van der Waals surface area (Å²) in [5.74, 6) is 0.586. The second kappa shape index (κ2) is 15.0. The normalized spacial score (nSPS) is 11.8. The number of aromatic hydroxyl groups is 2. The molecule has 0 aliphatic carbocycles. The zero-order chi connectivity index (χ0) is 37.1. The van der Waals surface area contributed by atoms with Gasteiger partial charge < -0.3 is 30.6 Å². The molecule has 6 N–H and O–H groups in total. The van der Waals surface area contributed by atoms with E-state index in [2.05, 4.69) is 58.2 Å². The zero-order valence-corrected chi connectivity index (χ0v) is 30.1. The molecule has 0 radical (unpaired) electrons. The molecule has 264 valence electrons. The van der Waals surface area contributed by atoms with E-state index < -0.39 is 0 Å². The molecule has 1 aromatic heterocycles. The summed E-state index contributed by atoms with van der Waals surface area (Å²) < 4.78 is 0. The third-order valence-electron chi connectivity index (χ3n) is 8.48. The van der Waals surface area contributed by atoms with Gasteiger partial charge in [-0.2, -0.15) is 25.2 Å². The van der Waals surface area contributed by atoms with Gasteiger partial charge in [-0.25, -0.2) is 0 Å². The molecule has 0 aliphatic heterocycles. The molecule has 14 heteroatoms. The van der Waals surface area contributed by atoms with Crippen LogP contribution in [0.5, 0.6) is 11.5 Å². The highest BCUT2D eigenvalue weighted by molar-refractivity contribution is 6.28. The van der Waals surface area contributed by atoms with Crippen LogP contribution in [0.3, 0.4) is 0 Å². The van der Waals surface area contributed by atoms with Gasteiger partial charge in [-0.3, -0.25) is 0 Å². The van der Waals surface area contributed by atoms with Gasteiger partial charge in [0.1, 0.15) is 34.2 Å². The Morgan fingerprint density at radius 1 is 0.509 bits per heavy atom. The standard InChI is InChI=1S/C39H34ClN11O2/c1-50(2)29-17-5-23-7-19-33(52)35(31(23)21-29)48-46-27-13-9-25(10-14-27)41-38-43-37(40)44-39(45-38)42-26-11-15-28(16-12-26)47-49-36-32-22-30(51(3)4)18-6-24(32)8-20-34(36)53/h5-22,52-53H,1-4H3,(H2,41,42,43,44,45)/p+2. The number of hydrogen-bond acceptors (Lipinski definition) is 11. The number of hydrogen-bond donors (Lipinski definition) is 6. The van der Waals surface area contributed by atoms with Crippen LogP contribution in [-0.2, 0) is 0 Å². The molecule has 0 aliphatic rings. The molecule has 0 atom stereocenters. The average Bonchev–Trinajstić information content (AvgIpc) is 3.14. The lowest BCUT2D eigenvalue weighted by Crippen LogP contribution is -3.00. The van der Waals surface area contributed by atoms with Crippen LogP contribution >= 0.6 is 11.6 Å². The van der Waals surface area contributed by atoms with Gasteiger partial charge in [-0.05, 0) is 107 Å². The Balaban J connectivity index is 1.02. The number of phenols is 2. The molecule has 53 heavy (non-hydrogen) atoms. The van der Waals surface area contributed by atoms with Crippen LogP contribution in [0.4, 0.5) is 57.4 Å². The molecule has 0 unspecified atom stereocenters. The largest absolute Gasteiger partial charge is 0.506 e. The Hall–Kier alpha value is -6.54. The number of rotatable bonds is 10. The van der Waals surface area contributed by atoms with Gasteiger partial charge >= 0.3 is 0 Å². The fourth-order valence-electron chi connectivity index (χ4n) is 5.58. The number of phenolic OH excluding ortho intramolecular Hbond substituents is 2. The van der Waals surface area contributed by atoms with E-state index in [1.54, 1.807) is 36.4 Å². The van der Waals surface area contributed by atoms with E-state index in [-0.39, 0.29) is 28.7 Å². The van der Waals surface area contributed by atoms with Gasteiger partial charge in [0, 0.05) is 34.3 Å².